The Kier molecular flexibility index (Phi) is 4.80. The Hall–Kier alpha value is -0.610. The van der Waals surface area contributed by atoms with E-state index in [9.17, 15) is 4.79 Å². The van der Waals surface area contributed by atoms with Crippen LogP contribution in [0.25, 0.3) is 0 Å². The van der Waals surface area contributed by atoms with Gasteiger partial charge in [0, 0.05) is 26.7 Å². The topological polar surface area (TPSA) is 44.4 Å². The second-order valence-electron chi connectivity index (χ2n) is 5.24. The number of likely N-dealkylation sites (N-methyl/N-ethyl adjacent to an activating group) is 1. The van der Waals surface area contributed by atoms with Crippen LogP contribution in [0.4, 0.5) is 0 Å². The first kappa shape index (κ1) is 12.8. The third-order valence-corrected chi connectivity index (χ3v) is 4.13. The molecule has 1 heterocycles. The molecule has 98 valence electrons. The smallest absolute Gasteiger partial charge is 0.237 e. The summed E-state index contributed by atoms with van der Waals surface area (Å²) in [4.78, 5) is 14.5. The molecule has 0 bridgehead atoms. The SMILES string of the molecule is CNC(=O)C(C1CCCC1)N1CCCNCC1. The van der Waals surface area contributed by atoms with E-state index in [1.165, 1.54) is 25.7 Å². The van der Waals surface area contributed by atoms with Crippen LogP contribution in [-0.2, 0) is 4.79 Å². The Morgan fingerprint density at radius 2 is 2.00 bits per heavy atom. The molecule has 1 atom stereocenters. The van der Waals surface area contributed by atoms with Crippen LogP contribution in [0.5, 0.6) is 0 Å². The number of nitrogens with zero attached hydrogens (tertiary/aromatic N) is 1. The van der Waals surface area contributed by atoms with Crippen LogP contribution in [0, 0.1) is 5.92 Å². The third-order valence-electron chi connectivity index (χ3n) is 4.13. The van der Waals surface area contributed by atoms with Crippen molar-refractivity contribution < 1.29 is 4.79 Å². The van der Waals surface area contributed by atoms with Crippen molar-refractivity contribution in [1.82, 2.24) is 15.5 Å². The van der Waals surface area contributed by atoms with Crippen LogP contribution in [-0.4, -0.2) is 50.1 Å². The lowest BCUT2D eigenvalue weighted by atomic mass is 9.95. The average Bonchev–Trinajstić information content (AvgIpc) is 2.73. The highest BCUT2D eigenvalue weighted by Crippen LogP contribution is 2.30. The summed E-state index contributed by atoms with van der Waals surface area (Å²) in [6.07, 6.45) is 6.19. The number of hydrogen-bond donors (Lipinski definition) is 2. The first-order valence-corrected chi connectivity index (χ1v) is 6.99. The van der Waals surface area contributed by atoms with Gasteiger partial charge in [0.15, 0.2) is 0 Å². The van der Waals surface area contributed by atoms with E-state index < -0.39 is 0 Å². The predicted molar refractivity (Wildman–Crippen MR) is 68.9 cm³/mol. The van der Waals surface area contributed by atoms with Crippen molar-refractivity contribution in [2.75, 3.05) is 33.2 Å². The number of amides is 1. The van der Waals surface area contributed by atoms with E-state index >= 15 is 0 Å². The number of hydrogen-bond acceptors (Lipinski definition) is 3. The lowest BCUT2D eigenvalue weighted by Crippen LogP contribution is -2.50. The molecule has 1 aliphatic heterocycles. The number of rotatable bonds is 3. The maximum absolute atomic E-state index is 12.1. The maximum atomic E-state index is 12.1. The zero-order valence-electron chi connectivity index (χ0n) is 10.9. The highest BCUT2D eigenvalue weighted by Gasteiger charge is 2.34. The molecule has 0 aromatic carbocycles. The maximum Gasteiger partial charge on any atom is 0.237 e. The van der Waals surface area contributed by atoms with Gasteiger partial charge >= 0.3 is 0 Å². The molecule has 0 aromatic heterocycles. The van der Waals surface area contributed by atoms with E-state index in [0.29, 0.717) is 5.92 Å². The van der Waals surface area contributed by atoms with Gasteiger partial charge in [-0.3, -0.25) is 9.69 Å². The summed E-state index contributed by atoms with van der Waals surface area (Å²) in [5, 5.41) is 6.26. The first-order valence-electron chi connectivity index (χ1n) is 6.99. The van der Waals surface area contributed by atoms with Crippen molar-refractivity contribution in [3.8, 4) is 0 Å². The van der Waals surface area contributed by atoms with Crippen LogP contribution in [0.3, 0.4) is 0 Å². The molecule has 2 N–H and O–H groups in total. The normalized spacial score (nSPS) is 25.5. The van der Waals surface area contributed by atoms with Crippen molar-refractivity contribution in [1.29, 1.82) is 0 Å². The van der Waals surface area contributed by atoms with Crippen molar-refractivity contribution in [3.05, 3.63) is 0 Å². The standard InChI is InChI=1S/C13H25N3O/c1-14-13(17)12(11-5-2-3-6-11)16-9-4-7-15-8-10-16/h11-12,15H,2-10H2,1H3,(H,14,17). The Morgan fingerprint density at radius 1 is 1.24 bits per heavy atom. The monoisotopic (exact) mass is 239 g/mol. The Balaban J connectivity index is 2.04. The molecule has 1 aliphatic carbocycles. The minimum atomic E-state index is 0.113. The van der Waals surface area contributed by atoms with Crippen molar-refractivity contribution in [2.45, 2.75) is 38.1 Å². The van der Waals surface area contributed by atoms with Crippen molar-refractivity contribution in [3.63, 3.8) is 0 Å². The third kappa shape index (κ3) is 3.19. The van der Waals surface area contributed by atoms with E-state index in [-0.39, 0.29) is 11.9 Å². The molecule has 0 aromatic rings. The quantitative estimate of drug-likeness (QED) is 0.757. The molecule has 1 unspecified atom stereocenters. The fourth-order valence-electron chi connectivity index (χ4n) is 3.24. The molecule has 2 fully saturated rings. The summed E-state index contributed by atoms with van der Waals surface area (Å²) in [5.74, 6) is 0.798. The molecule has 2 rings (SSSR count). The van der Waals surface area contributed by atoms with E-state index in [0.717, 1.165) is 32.6 Å². The summed E-state index contributed by atoms with van der Waals surface area (Å²) in [5.41, 5.74) is 0. The second-order valence-corrected chi connectivity index (χ2v) is 5.24. The van der Waals surface area contributed by atoms with Gasteiger partial charge in [0.05, 0.1) is 6.04 Å². The molecule has 1 saturated carbocycles. The van der Waals surface area contributed by atoms with Gasteiger partial charge in [0.1, 0.15) is 0 Å². The lowest BCUT2D eigenvalue weighted by molar-refractivity contribution is -0.127. The van der Waals surface area contributed by atoms with Crippen LogP contribution in [0.15, 0.2) is 0 Å². The zero-order valence-corrected chi connectivity index (χ0v) is 10.9. The van der Waals surface area contributed by atoms with Crippen LogP contribution in [0.1, 0.15) is 32.1 Å². The molecule has 4 heteroatoms. The average molecular weight is 239 g/mol. The Bertz CT molecular complexity index is 243. The number of carbonyl (C=O) groups is 1. The Morgan fingerprint density at radius 3 is 2.71 bits per heavy atom. The van der Waals surface area contributed by atoms with E-state index in [1.807, 2.05) is 0 Å². The first-order chi connectivity index (χ1) is 8.33. The number of carbonyl (C=O) groups excluding carboxylic acids is 1. The molecule has 2 aliphatic rings. The minimum absolute atomic E-state index is 0.113. The van der Waals surface area contributed by atoms with Crippen LogP contribution >= 0.6 is 0 Å². The van der Waals surface area contributed by atoms with Crippen molar-refractivity contribution in [2.24, 2.45) is 5.92 Å². The highest BCUT2D eigenvalue weighted by molar-refractivity contribution is 5.81. The lowest BCUT2D eigenvalue weighted by Gasteiger charge is -2.33. The van der Waals surface area contributed by atoms with E-state index in [4.69, 9.17) is 0 Å². The highest BCUT2D eigenvalue weighted by atomic mass is 16.2. The van der Waals surface area contributed by atoms with Gasteiger partial charge in [0.2, 0.25) is 5.91 Å². The van der Waals surface area contributed by atoms with Crippen LogP contribution in [0.2, 0.25) is 0 Å². The van der Waals surface area contributed by atoms with Gasteiger partial charge in [-0.2, -0.15) is 0 Å². The molecule has 0 spiro atoms. The summed E-state index contributed by atoms with van der Waals surface area (Å²) in [6, 6.07) is 0.113. The second kappa shape index (κ2) is 6.36. The van der Waals surface area contributed by atoms with Gasteiger partial charge in [-0.05, 0) is 31.7 Å². The summed E-state index contributed by atoms with van der Waals surface area (Å²) in [7, 11) is 1.76. The van der Waals surface area contributed by atoms with Crippen LogP contribution < -0.4 is 10.6 Å². The van der Waals surface area contributed by atoms with Crippen molar-refractivity contribution >= 4 is 5.91 Å². The predicted octanol–water partition coefficient (Wildman–Crippen LogP) is 0.587. The summed E-state index contributed by atoms with van der Waals surface area (Å²) >= 11 is 0. The largest absolute Gasteiger partial charge is 0.358 e. The summed E-state index contributed by atoms with van der Waals surface area (Å²) in [6.45, 7) is 4.16. The fourth-order valence-corrected chi connectivity index (χ4v) is 3.24. The fraction of sp³-hybridized carbons (Fsp3) is 0.923. The molecular weight excluding hydrogens is 214 g/mol. The Labute approximate surface area is 104 Å². The van der Waals surface area contributed by atoms with Gasteiger partial charge in [-0.1, -0.05) is 12.8 Å². The minimum Gasteiger partial charge on any atom is -0.358 e. The van der Waals surface area contributed by atoms with Gasteiger partial charge < -0.3 is 10.6 Å². The molecular formula is C13H25N3O. The summed E-state index contributed by atoms with van der Waals surface area (Å²) < 4.78 is 0. The van der Waals surface area contributed by atoms with Gasteiger partial charge in [0.25, 0.3) is 0 Å². The molecule has 1 saturated heterocycles. The van der Waals surface area contributed by atoms with E-state index in [1.54, 1.807) is 7.05 Å². The number of nitrogens with one attached hydrogen (secondary N) is 2. The molecule has 4 nitrogen and oxygen atoms in total. The molecule has 17 heavy (non-hydrogen) atoms. The van der Waals surface area contributed by atoms with E-state index in [2.05, 4.69) is 15.5 Å². The molecule has 1 amide bonds. The van der Waals surface area contributed by atoms with Gasteiger partial charge in [-0.25, -0.2) is 0 Å². The molecule has 0 radical (unpaired) electrons. The zero-order chi connectivity index (χ0) is 12.1. The van der Waals surface area contributed by atoms with Gasteiger partial charge in [-0.15, -0.1) is 0 Å².